The van der Waals surface area contributed by atoms with Gasteiger partial charge in [0, 0.05) is 201 Å². The van der Waals surface area contributed by atoms with E-state index in [0.717, 1.165) is 37.0 Å². The van der Waals surface area contributed by atoms with Crippen LogP contribution in [0.2, 0.25) is 0 Å². The Labute approximate surface area is 399 Å². The number of rotatable bonds is 3. The van der Waals surface area contributed by atoms with Crippen LogP contribution in [0.5, 0.6) is 0 Å². The van der Waals surface area contributed by atoms with Crippen molar-refractivity contribution in [1.29, 1.82) is 0 Å². The lowest BCUT2D eigenvalue weighted by molar-refractivity contribution is -0.145. The molecule has 73 heavy (non-hydrogen) atoms. The summed E-state index contributed by atoms with van der Waals surface area (Å²) in [7, 11) is 0. The summed E-state index contributed by atoms with van der Waals surface area (Å²) in [6.45, 7) is 0. The first-order valence-electron chi connectivity index (χ1n) is 28.3. The highest BCUT2D eigenvalue weighted by atomic mass is 16.1. The Hall–Kier alpha value is -8.07. The summed E-state index contributed by atoms with van der Waals surface area (Å²) in [6.07, 6.45) is 8.17. The minimum absolute atomic E-state index is 0.181. The molecule has 0 N–H and O–H groups in total. The molecule has 0 radical (unpaired) electrons. The van der Waals surface area contributed by atoms with E-state index in [2.05, 4.69) is 4.57 Å². The van der Waals surface area contributed by atoms with Gasteiger partial charge in [0.2, 0.25) is 0 Å². The second-order valence-corrected chi connectivity index (χ2v) is 28.7. The fourth-order valence-electron chi connectivity index (χ4n) is 27.9. The maximum atomic E-state index is 17.0. The molecule has 7 aliphatic rings. The molecule has 2 nitrogen and oxygen atoms in total. The zero-order chi connectivity index (χ0) is 43.3. The summed E-state index contributed by atoms with van der Waals surface area (Å²) in [6, 6.07) is 0. The highest BCUT2D eigenvalue weighted by Gasteiger charge is 2.62. The van der Waals surface area contributed by atoms with Gasteiger partial charge in [0.1, 0.15) is 11.3 Å². The van der Waals surface area contributed by atoms with Gasteiger partial charge in [0.05, 0.1) is 11.0 Å². The first-order valence-corrected chi connectivity index (χ1v) is 28.3. The fraction of sp³-hybridized carbons (Fsp3) is 0.169. The van der Waals surface area contributed by atoms with Gasteiger partial charge < -0.3 is 4.57 Å². The average Bonchev–Trinajstić information content (AvgIpc) is 3.76. The van der Waals surface area contributed by atoms with Crippen molar-refractivity contribution in [2.45, 2.75) is 50.5 Å². The van der Waals surface area contributed by atoms with Gasteiger partial charge in [0.15, 0.2) is 0 Å². The van der Waals surface area contributed by atoms with Crippen LogP contribution in [0.4, 0.5) is 0 Å². The van der Waals surface area contributed by atoms with Crippen LogP contribution in [0.1, 0.15) is 56.1 Å². The molecule has 2 aliphatic heterocycles. The molecule has 0 amide bonds. The summed E-state index contributed by atoms with van der Waals surface area (Å²) in [5.74, 6) is 2.85. The third-order valence-corrected chi connectivity index (χ3v) is 27.9. The van der Waals surface area contributed by atoms with Crippen molar-refractivity contribution >= 4 is 308 Å². The summed E-state index contributed by atoms with van der Waals surface area (Å²) < 4.78 is 3.11. The molecular weight excluding hydrogens is 883 g/mol. The topological polar surface area (TPSA) is 22.0 Å². The number of carbonyl (C=O) groups is 1. The highest BCUT2D eigenvalue weighted by molar-refractivity contribution is 6.83. The number of hydrogen-bond donors (Lipinski definition) is 0. The zero-order valence-corrected chi connectivity index (χ0v) is 38.0. The molecule has 1 aromatic heterocycles. The fourth-order valence-corrected chi connectivity index (χ4v) is 27.9. The second-order valence-electron chi connectivity index (χ2n) is 28.7. The van der Waals surface area contributed by atoms with E-state index in [1.807, 2.05) is 0 Å². The number of nitrogens with zero attached hydrogens (tertiary/aromatic N) is 1. The molecular formula is C71H17NO. The van der Waals surface area contributed by atoms with E-state index < -0.39 is 5.54 Å². The van der Waals surface area contributed by atoms with Crippen LogP contribution in [0, 0.1) is 23.2 Å². The van der Waals surface area contributed by atoms with Crippen LogP contribution in [0.25, 0.3) is 302 Å². The average molecular weight is 900 g/mol. The Morgan fingerprint density at radius 2 is 0.452 bits per heavy atom. The normalized spacial score (nSPS) is 25.3. The first-order chi connectivity index (χ1) is 36.2. The van der Waals surface area contributed by atoms with Crippen molar-refractivity contribution in [3.63, 3.8) is 0 Å². The van der Waals surface area contributed by atoms with Crippen LogP contribution in [0.15, 0.2) is 0 Å². The second kappa shape index (κ2) is 6.33. The van der Waals surface area contributed by atoms with Crippen LogP contribution in [0.3, 0.4) is 0 Å². The largest absolute Gasteiger partial charge is 0.324 e. The summed E-state index contributed by atoms with van der Waals surface area (Å²) >= 11 is 0. The molecule has 0 atom stereocenters. The van der Waals surface area contributed by atoms with E-state index in [4.69, 9.17) is 0 Å². The Bertz CT molecular complexity index is 6950. The molecule has 0 saturated heterocycles. The number of hydrogen-bond acceptors (Lipinski definition) is 1. The quantitative estimate of drug-likeness (QED) is 0.162. The molecule has 4 bridgehead atoms. The monoisotopic (exact) mass is 899 g/mol. The molecule has 29 aromatic rings. The number of carbonyl (C=O) groups excluding carboxylic acids is 1. The smallest absolute Gasteiger partial charge is 0.142 e. The first kappa shape index (κ1) is 27.7. The molecule has 5 aliphatic carbocycles. The van der Waals surface area contributed by atoms with E-state index in [-0.39, 0.29) is 5.41 Å². The van der Waals surface area contributed by atoms with E-state index in [9.17, 15) is 0 Å². The van der Waals surface area contributed by atoms with E-state index in [1.54, 1.807) is 302 Å². The number of aromatic nitrogens is 1. The van der Waals surface area contributed by atoms with Crippen LogP contribution in [-0.2, 0) is 10.3 Å². The van der Waals surface area contributed by atoms with Gasteiger partial charge in [-0.1, -0.05) is 0 Å². The SMILES string of the molecule is O=C(CC12c3c4c5c1c1c6c7c5c5c8c4c4c9c3c3c%10c9c9c%11c4c8c4c8c5c7c5c7c6c6c%12c%13c7c7c5c8c5c4c%11c4c9c8c9c%11c4c5c7c%11c%13c4c9c(c8%10)c5c(c4%12)c(c16)n2c35)C12CC3CC(CC(C3)C1)C2. The predicted molar refractivity (Wildman–Crippen MR) is 305 cm³/mol. The van der Waals surface area contributed by atoms with E-state index >= 15 is 4.79 Å². The van der Waals surface area contributed by atoms with Crippen molar-refractivity contribution < 1.29 is 4.79 Å². The molecule has 4 saturated carbocycles. The number of Topliss-reactive ketones (excluding diaryl/α,β-unsaturated/α-hetero) is 1. The van der Waals surface area contributed by atoms with Crippen molar-refractivity contribution in [1.82, 2.24) is 4.57 Å². The Morgan fingerprint density at radius 1 is 0.274 bits per heavy atom. The third-order valence-electron chi connectivity index (χ3n) is 27.9. The van der Waals surface area contributed by atoms with Crippen molar-refractivity contribution in [3.8, 4) is 0 Å². The van der Waals surface area contributed by atoms with Gasteiger partial charge in [-0.3, -0.25) is 4.79 Å². The third kappa shape index (κ3) is 1.56. The van der Waals surface area contributed by atoms with Crippen LogP contribution >= 0.6 is 0 Å². The number of ketones is 1. The standard InChI is InChI=1S/C71H17NO/c73-11(70-4-8-1-9(5-70)3-10(2-8)6-70)7-71-66-58-50-40-30-22-14-12-13-16-20-18(14)26-34(30)44(50)52-46-36(26)28(20)38-32-24(16)25-17(13)21-19-15(12)23(22)31-35-27(19)37-29(21)39-33(25)43-42(32)56-48(38)54(46)62(60(52)66)68-64(56)65-57(43)49(39)55-47(37)53-45(35)51(41(31)40)59(58)67(71)61(53)63(55)69(65)72(68)71/h8-10H,1-7H2. The minimum atomic E-state index is -0.591. The summed E-state index contributed by atoms with van der Waals surface area (Å²) in [5.41, 5.74) is 5.49. The lowest BCUT2D eigenvalue weighted by Crippen LogP contribution is -2.52. The Morgan fingerprint density at radius 3 is 0.685 bits per heavy atom. The van der Waals surface area contributed by atoms with Gasteiger partial charge in [-0.2, -0.15) is 0 Å². The van der Waals surface area contributed by atoms with Gasteiger partial charge >= 0.3 is 0 Å². The zero-order valence-electron chi connectivity index (χ0n) is 38.0. The van der Waals surface area contributed by atoms with E-state index in [1.165, 1.54) is 30.3 Å². The molecule has 3 heterocycles. The van der Waals surface area contributed by atoms with Crippen molar-refractivity contribution in [2.75, 3.05) is 0 Å². The molecule has 2 heteroatoms. The van der Waals surface area contributed by atoms with Gasteiger partial charge in [0.25, 0.3) is 0 Å². The maximum Gasteiger partial charge on any atom is 0.142 e. The molecule has 4 fully saturated rings. The lowest BCUT2D eigenvalue weighted by Gasteiger charge is -2.56. The number of benzene rings is 18. The van der Waals surface area contributed by atoms with Gasteiger partial charge in [-0.15, -0.1) is 0 Å². The van der Waals surface area contributed by atoms with Gasteiger partial charge in [-0.05, 0) is 169 Å². The van der Waals surface area contributed by atoms with Crippen molar-refractivity contribution in [2.24, 2.45) is 23.2 Å². The minimum Gasteiger partial charge on any atom is -0.324 e. The molecule has 0 unspecified atom stereocenters. The summed E-state index contributed by atoms with van der Waals surface area (Å²) in [4.78, 5) is 17.0. The lowest BCUT2D eigenvalue weighted by atomic mass is 9.48. The maximum absolute atomic E-state index is 17.0. The molecule has 28 aromatic carbocycles. The predicted octanol–water partition coefficient (Wildman–Crippen LogP) is 19.1. The van der Waals surface area contributed by atoms with E-state index in [0.29, 0.717) is 12.2 Å². The molecule has 0 spiro atoms. The van der Waals surface area contributed by atoms with Gasteiger partial charge in [-0.25, -0.2) is 0 Å². The Balaban J connectivity index is 1.06. The van der Waals surface area contributed by atoms with Crippen LogP contribution in [-0.4, -0.2) is 10.4 Å². The molecule has 36 rings (SSSR count). The summed E-state index contributed by atoms with van der Waals surface area (Å²) in [5, 5.41) is 87.7. The van der Waals surface area contributed by atoms with Crippen molar-refractivity contribution in [3.05, 3.63) is 11.1 Å². The molecule has 312 valence electrons. The Kier molecular flexibility index (Phi) is 2.40. The highest BCUT2D eigenvalue weighted by Crippen LogP contribution is 2.82. The van der Waals surface area contributed by atoms with Crippen LogP contribution < -0.4 is 0 Å².